The van der Waals surface area contributed by atoms with E-state index in [0.29, 0.717) is 19.2 Å². The van der Waals surface area contributed by atoms with Gasteiger partial charge in [0.2, 0.25) is 7.37 Å². The monoisotopic (exact) mass is 388 g/mol. The number of unbranched alkanes of at least 4 members (excludes halogenated alkanes) is 7. The van der Waals surface area contributed by atoms with Gasteiger partial charge >= 0.3 is 11.9 Å². The van der Waals surface area contributed by atoms with E-state index >= 15 is 0 Å². The van der Waals surface area contributed by atoms with Crippen LogP contribution in [0.1, 0.15) is 57.8 Å². The van der Waals surface area contributed by atoms with E-state index in [-0.39, 0.29) is 18.7 Å². The Balaban J connectivity index is 3.43. The highest BCUT2D eigenvalue weighted by atomic mass is 31.2. The SMILES string of the molecule is C=CC(=O)OCCCCCCCCCCP(=O)(O)CCCOC(=O)C=C. The lowest BCUT2D eigenvalue weighted by Gasteiger charge is -2.11. The summed E-state index contributed by atoms with van der Waals surface area (Å²) in [6.45, 7) is 7.23. The summed E-state index contributed by atoms with van der Waals surface area (Å²) in [4.78, 5) is 31.6. The van der Waals surface area contributed by atoms with Crippen LogP contribution in [0.5, 0.6) is 0 Å². The number of hydrogen-bond acceptors (Lipinski definition) is 5. The number of rotatable bonds is 17. The predicted molar refractivity (Wildman–Crippen MR) is 103 cm³/mol. The Hall–Kier alpha value is -1.39. The van der Waals surface area contributed by atoms with Crippen molar-refractivity contribution in [3.05, 3.63) is 25.3 Å². The molecular weight excluding hydrogens is 355 g/mol. The second-order valence-electron chi connectivity index (χ2n) is 6.22. The standard InChI is InChI=1S/C19H33O6P/c1-3-18(20)24-14-11-9-7-5-6-8-10-12-16-26(22,23)17-13-15-25-19(21)4-2/h3-4H,1-2,5-17H2,(H,22,23). The Bertz CT molecular complexity index is 475. The van der Waals surface area contributed by atoms with Crippen LogP contribution in [0, 0.1) is 0 Å². The number of carbonyl (C=O) groups is 2. The van der Waals surface area contributed by atoms with E-state index in [1.807, 2.05) is 0 Å². The largest absolute Gasteiger partial charge is 0.463 e. The Labute approximate surface area is 157 Å². The zero-order chi connectivity index (χ0) is 19.7. The molecule has 1 N–H and O–H groups in total. The van der Waals surface area contributed by atoms with Gasteiger partial charge in [-0.25, -0.2) is 9.59 Å². The molecule has 0 rings (SSSR count). The molecule has 0 aliphatic heterocycles. The molecule has 1 unspecified atom stereocenters. The van der Waals surface area contributed by atoms with E-state index in [9.17, 15) is 19.0 Å². The van der Waals surface area contributed by atoms with E-state index in [2.05, 4.69) is 13.2 Å². The summed E-state index contributed by atoms with van der Waals surface area (Å²) >= 11 is 0. The molecule has 0 fully saturated rings. The van der Waals surface area contributed by atoms with Crippen molar-refractivity contribution in [1.82, 2.24) is 0 Å². The minimum Gasteiger partial charge on any atom is -0.463 e. The third-order valence-corrected chi connectivity index (χ3v) is 5.91. The summed E-state index contributed by atoms with van der Waals surface area (Å²) in [5, 5.41) is 0. The van der Waals surface area contributed by atoms with Gasteiger partial charge in [0, 0.05) is 24.5 Å². The molecular formula is C19H33O6P. The molecule has 7 heteroatoms. The maximum atomic E-state index is 12.0. The van der Waals surface area contributed by atoms with Crippen LogP contribution >= 0.6 is 7.37 Å². The van der Waals surface area contributed by atoms with E-state index < -0.39 is 13.3 Å². The second-order valence-corrected chi connectivity index (χ2v) is 8.81. The fourth-order valence-electron chi connectivity index (χ4n) is 2.41. The molecule has 0 radical (unpaired) electrons. The normalized spacial score (nSPS) is 12.8. The molecule has 0 aliphatic rings. The van der Waals surface area contributed by atoms with Crippen molar-refractivity contribution in [2.45, 2.75) is 57.8 Å². The van der Waals surface area contributed by atoms with E-state index in [4.69, 9.17) is 9.47 Å². The van der Waals surface area contributed by atoms with E-state index in [1.165, 1.54) is 6.08 Å². The van der Waals surface area contributed by atoms with Gasteiger partial charge in [0.15, 0.2) is 0 Å². The van der Waals surface area contributed by atoms with E-state index in [1.54, 1.807) is 0 Å². The van der Waals surface area contributed by atoms with Gasteiger partial charge in [-0.05, 0) is 19.3 Å². The van der Waals surface area contributed by atoms with Gasteiger partial charge in [0.25, 0.3) is 0 Å². The fraction of sp³-hybridized carbons (Fsp3) is 0.684. The van der Waals surface area contributed by atoms with Gasteiger partial charge in [-0.1, -0.05) is 51.7 Å². The van der Waals surface area contributed by atoms with Crippen molar-refractivity contribution in [1.29, 1.82) is 0 Å². The van der Waals surface area contributed by atoms with Crippen molar-refractivity contribution < 1.29 is 28.5 Å². The molecule has 0 saturated heterocycles. The molecule has 0 bridgehead atoms. The van der Waals surface area contributed by atoms with Crippen molar-refractivity contribution >= 4 is 19.3 Å². The molecule has 0 spiro atoms. The Morgan fingerprint density at radius 2 is 1.12 bits per heavy atom. The lowest BCUT2D eigenvalue weighted by atomic mass is 10.1. The molecule has 0 amide bonds. The van der Waals surface area contributed by atoms with Crippen LogP contribution in [0.15, 0.2) is 25.3 Å². The lowest BCUT2D eigenvalue weighted by Crippen LogP contribution is -2.04. The third kappa shape index (κ3) is 16.1. The van der Waals surface area contributed by atoms with Crippen LogP contribution in [0.2, 0.25) is 0 Å². The predicted octanol–water partition coefficient (Wildman–Crippen LogP) is 4.23. The van der Waals surface area contributed by atoms with Gasteiger partial charge in [0.1, 0.15) is 0 Å². The topological polar surface area (TPSA) is 89.9 Å². The van der Waals surface area contributed by atoms with Crippen molar-refractivity contribution in [2.75, 3.05) is 25.5 Å². The quantitative estimate of drug-likeness (QED) is 0.174. The molecule has 0 aromatic rings. The van der Waals surface area contributed by atoms with Gasteiger partial charge in [-0.15, -0.1) is 0 Å². The number of ether oxygens (including phenoxy) is 2. The van der Waals surface area contributed by atoms with Crippen LogP contribution in [0.4, 0.5) is 0 Å². The molecule has 150 valence electrons. The summed E-state index contributed by atoms with van der Waals surface area (Å²) in [6.07, 6.45) is 11.2. The molecule has 0 aliphatic carbocycles. The third-order valence-electron chi connectivity index (χ3n) is 3.88. The first-order chi connectivity index (χ1) is 12.4. The Kier molecular flexibility index (Phi) is 15.0. The summed E-state index contributed by atoms with van der Waals surface area (Å²) in [5.74, 6) is -0.875. The number of hydrogen-bond donors (Lipinski definition) is 1. The molecule has 0 heterocycles. The second kappa shape index (κ2) is 15.8. The number of carbonyl (C=O) groups excluding carboxylic acids is 2. The average molecular weight is 388 g/mol. The zero-order valence-electron chi connectivity index (χ0n) is 15.7. The molecule has 0 aromatic carbocycles. The highest BCUT2D eigenvalue weighted by Gasteiger charge is 2.17. The maximum absolute atomic E-state index is 12.0. The smallest absolute Gasteiger partial charge is 0.330 e. The van der Waals surface area contributed by atoms with E-state index in [0.717, 1.165) is 57.4 Å². The lowest BCUT2D eigenvalue weighted by molar-refractivity contribution is -0.138. The van der Waals surface area contributed by atoms with Crippen LogP contribution in [0.3, 0.4) is 0 Å². The average Bonchev–Trinajstić information content (AvgIpc) is 2.62. The first kappa shape index (κ1) is 24.6. The van der Waals surface area contributed by atoms with Crippen molar-refractivity contribution in [2.24, 2.45) is 0 Å². The van der Waals surface area contributed by atoms with Crippen molar-refractivity contribution in [3.8, 4) is 0 Å². The minimum absolute atomic E-state index is 0.155. The van der Waals surface area contributed by atoms with Gasteiger partial charge < -0.3 is 14.4 Å². The summed E-state index contributed by atoms with van der Waals surface area (Å²) < 4.78 is 21.7. The first-order valence-corrected chi connectivity index (χ1v) is 11.3. The summed E-state index contributed by atoms with van der Waals surface area (Å²) in [6, 6.07) is 0. The molecule has 1 atom stereocenters. The van der Waals surface area contributed by atoms with Crippen LogP contribution in [0.25, 0.3) is 0 Å². The van der Waals surface area contributed by atoms with Gasteiger partial charge in [0.05, 0.1) is 13.2 Å². The molecule has 26 heavy (non-hydrogen) atoms. The van der Waals surface area contributed by atoms with Gasteiger partial charge in [-0.3, -0.25) is 4.57 Å². The molecule has 0 saturated carbocycles. The maximum Gasteiger partial charge on any atom is 0.330 e. The Morgan fingerprint density at radius 1 is 0.731 bits per heavy atom. The zero-order valence-corrected chi connectivity index (χ0v) is 16.6. The fourth-order valence-corrected chi connectivity index (χ4v) is 3.97. The van der Waals surface area contributed by atoms with Gasteiger partial charge in [-0.2, -0.15) is 0 Å². The summed E-state index contributed by atoms with van der Waals surface area (Å²) in [5.41, 5.74) is 0. The minimum atomic E-state index is -3.11. The number of esters is 2. The molecule has 6 nitrogen and oxygen atoms in total. The highest BCUT2D eigenvalue weighted by Crippen LogP contribution is 2.42. The van der Waals surface area contributed by atoms with Crippen LogP contribution in [-0.4, -0.2) is 42.4 Å². The molecule has 0 aromatic heterocycles. The highest BCUT2D eigenvalue weighted by molar-refractivity contribution is 7.57. The summed E-state index contributed by atoms with van der Waals surface area (Å²) in [7, 11) is -3.11. The van der Waals surface area contributed by atoms with Crippen molar-refractivity contribution in [3.63, 3.8) is 0 Å². The first-order valence-electron chi connectivity index (χ1n) is 9.30. The van der Waals surface area contributed by atoms with Crippen LogP contribution < -0.4 is 0 Å². The van der Waals surface area contributed by atoms with Crippen LogP contribution in [-0.2, 0) is 23.6 Å². The Morgan fingerprint density at radius 3 is 1.62 bits per heavy atom.